The first-order valence-electron chi connectivity index (χ1n) is 9.74. The number of aliphatic hydroxyl groups is 1. The van der Waals surface area contributed by atoms with Crippen LogP contribution in [0, 0.1) is 34.5 Å². The number of ketones is 1. The molecule has 1 N–H and O–H groups in total. The lowest BCUT2D eigenvalue weighted by atomic mass is 9.45. The van der Waals surface area contributed by atoms with E-state index in [1.165, 1.54) is 32.1 Å². The zero-order valence-corrected chi connectivity index (χ0v) is 15.0. The Morgan fingerprint density at radius 2 is 1.78 bits per heavy atom. The van der Waals surface area contributed by atoms with Gasteiger partial charge in [0.25, 0.3) is 0 Å². The van der Waals surface area contributed by atoms with Gasteiger partial charge in [0.05, 0.1) is 0 Å². The molecule has 3 saturated carbocycles. The second-order valence-electron chi connectivity index (χ2n) is 9.41. The third-order valence-corrected chi connectivity index (χ3v) is 8.86. The van der Waals surface area contributed by atoms with Gasteiger partial charge in [0.15, 0.2) is 5.78 Å². The van der Waals surface area contributed by atoms with Gasteiger partial charge in [-0.25, -0.2) is 0 Å². The first kappa shape index (κ1) is 15.9. The number of Topliss-reactive ketones (excluding diaryl/α,β-unsaturated/α-hetero) is 1. The molecule has 128 valence electrons. The summed E-state index contributed by atoms with van der Waals surface area (Å²) in [5.41, 5.74) is -0.899. The molecule has 2 heteroatoms. The summed E-state index contributed by atoms with van der Waals surface area (Å²) in [7, 11) is 0. The number of allylic oxidation sites excluding steroid dienone is 2. The third kappa shape index (κ3) is 1.88. The van der Waals surface area contributed by atoms with Crippen molar-refractivity contribution in [2.75, 3.05) is 0 Å². The Hall–Kier alpha value is -0.630. The van der Waals surface area contributed by atoms with E-state index in [9.17, 15) is 9.90 Å². The quantitative estimate of drug-likeness (QED) is 0.722. The maximum Gasteiger partial charge on any atom is 0.161 e. The van der Waals surface area contributed by atoms with Crippen molar-refractivity contribution in [3.05, 3.63) is 12.2 Å². The molecule has 0 heterocycles. The largest absolute Gasteiger partial charge is 0.382 e. The molecule has 0 aliphatic heterocycles. The Kier molecular flexibility index (Phi) is 3.41. The van der Waals surface area contributed by atoms with Crippen LogP contribution in [0.1, 0.15) is 72.1 Å². The summed E-state index contributed by atoms with van der Waals surface area (Å²) in [5.74, 6) is 2.84. The molecule has 4 rings (SSSR count). The van der Waals surface area contributed by atoms with Crippen LogP contribution in [-0.4, -0.2) is 16.5 Å². The molecule has 0 aromatic heterocycles. The zero-order valence-electron chi connectivity index (χ0n) is 15.0. The topological polar surface area (TPSA) is 37.3 Å². The van der Waals surface area contributed by atoms with Gasteiger partial charge in [-0.15, -0.1) is 0 Å². The Morgan fingerprint density at radius 3 is 2.52 bits per heavy atom. The molecular weight excluding hydrogens is 284 g/mol. The summed E-state index contributed by atoms with van der Waals surface area (Å²) >= 11 is 0. The maximum atomic E-state index is 12.2. The Balaban J connectivity index is 1.69. The first-order chi connectivity index (χ1) is 10.8. The maximum absolute atomic E-state index is 12.2. The van der Waals surface area contributed by atoms with Crippen molar-refractivity contribution in [3.8, 4) is 0 Å². The number of carbonyl (C=O) groups is 1. The first-order valence-corrected chi connectivity index (χ1v) is 9.74. The number of rotatable bonds is 1. The van der Waals surface area contributed by atoms with Gasteiger partial charge < -0.3 is 5.11 Å². The molecule has 0 spiro atoms. The molecule has 0 bridgehead atoms. The fourth-order valence-electron chi connectivity index (χ4n) is 7.41. The fraction of sp³-hybridized carbons (Fsp3) is 0.857. The summed E-state index contributed by atoms with van der Waals surface area (Å²) in [6.07, 6.45) is 14.1. The highest BCUT2D eigenvalue weighted by molar-refractivity contribution is 5.86. The van der Waals surface area contributed by atoms with E-state index in [4.69, 9.17) is 0 Å². The molecule has 0 amide bonds. The van der Waals surface area contributed by atoms with Gasteiger partial charge in [-0.05, 0) is 87.4 Å². The molecule has 0 aromatic carbocycles. The highest BCUT2D eigenvalue weighted by Crippen LogP contribution is 2.67. The smallest absolute Gasteiger partial charge is 0.161 e. The van der Waals surface area contributed by atoms with Gasteiger partial charge in [-0.2, -0.15) is 0 Å². The average molecular weight is 316 g/mol. The van der Waals surface area contributed by atoms with Crippen molar-refractivity contribution in [1.82, 2.24) is 0 Å². The van der Waals surface area contributed by atoms with E-state index in [1.54, 1.807) is 6.92 Å². The van der Waals surface area contributed by atoms with Gasteiger partial charge in [0, 0.05) is 5.41 Å². The molecule has 4 aliphatic rings. The predicted octanol–water partition coefficient (Wildman–Crippen LogP) is 4.52. The second-order valence-corrected chi connectivity index (χ2v) is 9.41. The van der Waals surface area contributed by atoms with Crippen LogP contribution in [-0.2, 0) is 4.79 Å². The van der Waals surface area contributed by atoms with Gasteiger partial charge in [0.2, 0.25) is 0 Å². The van der Waals surface area contributed by atoms with Crippen molar-refractivity contribution in [1.29, 1.82) is 0 Å². The van der Waals surface area contributed by atoms with Gasteiger partial charge in [-0.3, -0.25) is 4.79 Å². The van der Waals surface area contributed by atoms with Crippen molar-refractivity contribution in [2.45, 2.75) is 77.7 Å². The molecule has 2 nitrogen and oxygen atoms in total. The highest BCUT2D eigenvalue weighted by atomic mass is 16.3. The minimum Gasteiger partial charge on any atom is -0.382 e. The number of carbonyl (C=O) groups excluding carboxylic acids is 1. The van der Waals surface area contributed by atoms with Crippen LogP contribution >= 0.6 is 0 Å². The van der Waals surface area contributed by atoms with Gasteiger partial charge in [-0.1, -0.05) is 26.0 Å². The summed E-state index contributed by atoms with van der Waals surface area (Å²) in [4.78, 5) is 12.2. The van der Waals surface area contributed by atoms with Crippen LogP contribution in [0.15, 0.2) is 12.2 Å². The predicted molar refractivity (Wildman–Crippen MR) is 91.9 cm³/mol. The Labute approximate surface area is 140 Å². The minimum absolute atomic E-state index is 0.00147. The SMILES string of the molecule is CC(=O)[C@@]1(O)CC[C@H]2[C@@H]3CCC4CCC=C[C@]4(C)[C@H]3CC[C@@]21C. The van der Waals surface area contributed by atoms with Gasteiger partial charge in [0.1, 0.15) is 5.60 Å². The van der Waals surface area contributed by atoms with E-state index < -0.39 is 5.60 Å². The molecule has 0 aromatic rings. The van der Waals surface area contributed by atoms with Gasteiger partial charge >= 0.3 is 0 Å². The van der Waals surface area contributed by atoms with E-state index in [2.05, 4.69) is 26.0 Å². The molecule has 7 atom stereocenters. The fourth-order valence-corrected chi connectivity index (χ4v) is 7.41. The average Bonchev–Trinajstić information content (AvgIpc) is 2.80. The standard InChI is InChI=1S/C21H32O2/c1-14(22)21(23)13-10-18-16-8-7-15-6-4-5-11-19(15,2)17(16)9-12-20(18,21)3/h5,11,15-18,23H,4,6-10,12-13H2,1-3H3/t15?,16-,17+,18+,19+,20+,21+/m1/s1. The normalized spacial score (nSPS) is 55.0. The van der Waals surface area contributed by atoms with Crippen molar-refractivity contribution >= 4 is 5.78 Å². The summed E-state index contributed by atoms with van der Waals surface area (Å²) in [5, 5.41) is 11.1. The number of hydrogen-bond donors (Lipinski definition) is 1. The van der Waals surface area contributed by atoms with E-state index in [1.807, 2.05) is 0 Å². The van der Waals surface area contributed by atoms with E-state index >= 15 is 0 Å². The zero-order chi connectivity index (χ0) is 16.5. The lowest BCUT2D eigenvalue weighted by Gasteiger charge is -2.59. The molecular formula is C21H32O2. The minimum atomic E-state index is -1.07. The van der Waals surface area contributed by atoms with Crippen molar-refractivity contribution < 1.29 is 9.90 Å². The van der Waals surface area contributed by atoms with E-state index in [0.29, 0.717) is 23.7 Å². The lowest BCUT2D eigenvalue weighted by Crippen LogP contribution is -2.57. The van der Waals surface area contributed by atoms with Crippen LogP contribution in [0.25, 0.3) is 0 Å². The van der Waals surface area contributed by atoms with Crippen LogP contribution < -0.4 is 0 Å². The molecule has 0 radical (unpaired) electrons. The highest BCUT2D eigenvalue weighted by Gasteiger charge is 2.65. The lowest BCUT2D eigenvalue weighted by molar-refractivity contribution is -0.162. The number of fused-ring (bicyclic) bond motifs is 5. The summed E-state index contributed by atoms with van der Waals surface area (Å²) < 4.78 is 0. The molecule has 3 fully saturated rings. The summed E-state index contributed by atoms with van der Waals surface area (Å²) in [6.45, 7) is 6.31. The van der Waals surface area contributed by atoms with Crippen LogP contribution in [0.3, 0.4) is 0 Å². The Bertz CT molecular complexity index is 552. The van der Waals surface area contributed by atoms with Crippen LogP contribution in [0.5, 0.6) is 0 Å². The Morgan fingerprint density at radius 1 is 1.04 bits per heavy atom. The van der Waals surface area contributed by atoms with Crippen molar-refractivity contribution in [3.63, 3.8) is 0 Å². The monoisotopic (exact) mass is 316 g/mol. The number of hydrogen-bond acceptors (Lipinski definition) is 2. The van der Waals surface area contributed by atoms with Crippen molar-refractivity contribution in [2.24, 2.45) is 34.5 Å². The van der Waals surface area contributed by atoms with Crippen LogP contribution in [0.2, 0.25) is 0 Å². The molecule has 0 saturated heterocycles. The van der Waals surface area contributed by atoms with Crippen LogP contribution in [0.4, 0.5) is 0 Å². The summed E-state index contributed by atoms with van der Waals surface area (Å²) in [6, 6.07) is 0. The second kappa shape index (κ2) is 4.94. The van der Waals surface area contributed by atoms with E-state index in [0.717, 1.165) is 24.7 Å². The third-order valence-electron chi connectivity index (χ3n) is 8.86. The molecule has 23 heavy (non-hydrogen) atoms. The molecule has 1 unspecified atom stereocenters. The van der Waals surface area contributed by atoms with E-state index in [-0.39, 0.29) is 11.2 Å². The molecule has 4 aliphatic carbocycles.